The number of nitrogens with zero attached hydrogens (tertiary/aromatic N) is 1. The van der Waals surface area contributed by atoms with Gasteiger partial charge < -0.3 is 4.90 Å². The van der Waals surface area contributed by atoms with E-state index in [2.05, 4.69) is 15.9 Å². The van der Waals surface area contributed by atoms with Crippen LogP contribution in [0.5, 0.6) is 0 Å². The summed E-state index contributed by atoms with van der Waals surface area (Å²) in [5, 5.41) is 0. The van der Waals surface area contributed by atoms with Crippen molar-refractivity contribution in [3.05, 3.63) is 50.6 Å². The summed E-state index contributed by atoms with van der Waals surface area (Å²) in [6.45, 7) is 0.438. The normalized spacial score (nSPS) is 11.4. The van der Waals surface area contributed by atoms with E-state index < -0.39 is 9.84 Å². The minimum absolute atomic E-state index is 0.0641. The predicted molar refractivity (Wildman–Crippen MR) is 87.4 cm³/mol. The number of hydrogen-bond acceptors (Lipinski definition) is 4. The van der Waals surface area contributed by atoms with Crippen LogP contribution in [0.2, 0.25) is 0 Å². The van der Waals surface area contributed by atoms with Crippen LogP contribution in [-0.2, 0) is 16.4 Å². The number of carbonyl (C=O) groups excluding carboxylic acids is 1. The molecule has 1 aromatic heterocycles. The maximum Gasteiger partial charge on any atom is 0.255 e. The molecule has 21 heavy (non-hydrogen) atoms. The zero-order valence-corrected chi connectivity index (χ0v) is 14.8. The van der Waals surface area contributed by atoms with Gasteiger partial charge in [-0.25, -0.2) is 8.42 Å². The van der Waals surface area contributed by atoms with E-state index in [9.17, 15) is 13.2 Å². The SMILES string of the molecule is CN(Cc1ccc(Br)s1)C(=O)c1ccccc1S(C)(=O)=O. The predicted octanol–water partition coefficient (Wildman–Crippen LogP) is 3.19. The minimum Gasteiger partial charge on any atom is -0.337 e. The van der Waals surface area contributed by atoms with Gasteiger partial charge >= 0.3 is 0 Å². The molecule has 2 rings (SSSR count). The molecular formula is C14H14BrNO3S2. The second-order valence-corrected chi connectivity index (χ2v) is 9.17. The largest absolute Gasteiger partial charge is 0.337 e. The van der Waals surface area contributed by atoms with Gasteiger partial charge in [-0.2, -0.15) is 0 Å². The minimum atomic E-state index is -3.43. The average molecular weight is 388 g/mol. The average Bonchev–Trinajstić information content (AvgIpc) is 2.82. The first-order valence-corrected chi connectivity index (χ1v) is 9.58. The number of sulfone groups is 1. The Morgan fingerprint density at radius 1 is 1.24 bits per heavy atom. The number of amides is 1. The van der Waals surface area contributed by atoms with Gasteiger partial charge in [-0.15, -0.1) is 11.3 Å². The lowest BCUT2D eigenvalue weighted by Crippen LogP contribution is -2.27. The van der Waals surface area contributed by atoms with Gasteiger partial charge in [0, 0.05) is 18.2 Å². The van der Waals surface area contributed by atoms with E-state index in [1.54, 1.807) is 36.6 Å². The first-order valence-electron chi connectivity index (χ1n) is 6.08. The Bertz CT molecular complexity index is 768. The third-order valence-corrected chi connectivity index (χ3v) is 5.65. The van der Waals surface area contributed by atoms with Crippen LogP contribution in [0.4, 0.5) is 0 Å². The Morgan fingerprint density at radius 3 is 2.48 bits per heavy atom. The van der Waals surface area contributed by atoms with Crippen LogP contribution in [0.25, 0.3) is 0 Å². The van der Waals surface area contributed by atoms with Crippen molar-refractivity contribution in [3.8, 4) is 0 Å². The molecule has 0 saturated heterocycles. The molecule has 0 aliphatic heterocycles. The summed E-state index contributed by atoms with van der Waals surface area (Å²) >= 11 is 4.92. The smallest absolute Gasteiger partial charge is 0.255 e. The number of rotatable bonds is 4. The maximum atomic E-state index is 12.5. The molecule has 1 amide bonds. The third-order valence-electron chi connectivity index (χ3n) is 2.89. The first-order chi connectivity index (χ1) is 9.79. The summed E-state index contributed by atoms with van der Waals surface area (Å²) in [6, 6.07) is 10.1. The van der Waals surface area contributed by atoms with Crippen molar-refractivity contribution in [3.63, 3.8) is 0 Å². The lowest BCUT2D eigenvalue weighted by molar-refractivity contribution is 0.0782. The summed E-state index contributed by atoms with van der Waals surface area (Å²) < 4.78 is 24.5. The molecule has 0 radical (unpaired) electrons. The Balaban J connectivity index is 2.28. The number of halogens is 1. The van der Waals surface area contributed by atoms with Gasteiger partial charge in [0.1, 0.15) is 0 Å². The van der Waals surface area contributed by atoms with Crippen LogP contribution in [0.3, 0.4) is 0 Å². The van der Waals surface area contributed by atoms with E-state index in [4.69, 9.17) is 0 Å². The summed E-state index contributed by atoms with van der Waals surface area (Å²) in [7, 11) is -1.77. The van der Waals surface area contributed by atoms with Crippen molar-refractivity contribution in [2.24, 2.45) is 0 Å². The van der Waals surface area contributed by atoms with Gasteiger partial charge in [-0.3, -0.25) is 4.79 Å². The van der Waals surface area contributed by atoms with E-state index >= 15 is 0 Å². The number of carbonyl (C=O) groups is 1. The molecule has 1 heterocycles. The van der Waals surface area contributed by atoms with Gasteiger partial charge in [-0.05, 0) is 40.2 Å². The lowest BCUT2D eigenvalue weighted by Gasteiger charge is -2.17. The van der Waals surface area contributed by atoms with E-state index in [1.165, 1.54) is 11.0 Å². The van der Waals surface area contributed by atoms with E-state index in [-0.39, 0.29) is 16.4 Å². The zero-order valence-electron chi connectivity index (χ0n) is 11.5. The topological polar surface area (TPSA) is 54.5 Å². The highest BCUT2D eigenvalue weighted by Gasteiger charge is 2.21. The summed E-state index contributed by atoms with van der Waals surface area (Å²) in [5.74, 6) is -0.305. The second kappa shape index (κ2) is 6.29. The molecule has 0 unspecified atom stereocenters. The van der Waals surface area contributed by atoms with Crippen LogP contribution in [0.1, 0.15) is 15.2 Å². The molecular weight excluding hydrogens is 374 g/mol. The van der Waals surface area contributed by atoms with Crippen molar-refractivity contribution < 1.29 is 13.2 Å². The standard InChI is InChI=1S/C14H14BrNO3S2/c1-16(9-10-7-8-13(15)20-10)14(17)11-5-3-4-6-12(11)21(2,18)19/h3-8H,9H2,1-2H3. The van der Waals surface area contributed by atoms with Crippen molar-refractivity contribution >= 4 is 43.0 Å². The van der Waals surface area contributed by atoms with E-state index in [0.717, 1.165) is 14.9 Å². The highest BCUT2D eigenvalue weighted by molar-refractivity contribution is 9.11. The molecule has 0 bridgehead atoms. The van der Waals surface area contributed by atoms with Crippen LogP contribution >= 0.6 is 27.3 Å². The summed E-state index contributed by atoms with van der Waals surface area (Å²) in [5.41, 5.74) is 0.207. The Hall–Kier alpha value is -1.18. The van der Waals surface area contributed by atoms with Crippen LogP contribution in [-0.4, -0.2) is 32.5 Å². The van der Waals surface area contributed by atoms with Crippen molar-refractivity contribution in [2.45, 2.75) is 11.4 Å². The molecule has 0 aliphatic rings. The summed E-state index contributed by atoms with van der Waals surface area (Å²) in [6.07, 6.45) is 1.11. The van der Waals surface area contributed by atoms with E-state index in [1.807, 2.05) is 12.1 Å². The van der Waals surface area contributed by atoms with Crippen molar-refractivity contribution in [1.82, 2.24) is 4.90 Å². The second-order valence-electron chi connectivity index (χ2n) is 4.64. The monoisotopic (exact) mass is 387 g/mol. The van der Waals surface area contributed by atoms with Gasteiger partial charge in [0.2, 0.25) is 0 Å². The number of hydrogen-bond donors (Lipinski definition) is 0. The highest BCUT2D eigenvalue weighted by Crippen LogP contribution is 2.24. The van der Waals surface area contributed by atoms with Crippen molar-refractivity contribution in [1.29, 1.82) is 0 Å². The Labute approximate surface area is 136 Å². The lowest BCUT2D eigenvalue weighted by atomic mass is 10.2. The van der Waals surface area contributed by atoms with Crippen LogP contribution < -0.4 is 0 Å². The Kier molecular flexibility index (Phi) is 4.85. The molecule has 0 saturated carbocycles. The van der Waals surface area contributed by atoms with Gasteiger partial charge in [-0.1, -0.05) is 12.1 Å². The fourth-order valence-corrected chi connectivity index (χ4v) is 4.33. The molecule has 0 spiro atoms. The molecule has 0 atom stereocenters. The quantitative estimate of drug-likeness (QED) is 0.809. The molecule has 4 nitrogen and oxygen atoms in total. The highest BCUT2D eigenvalue weighted by atomic mass is 79.9. The van der Waals surface area contributed by atoms with Gasteiger partial charge in [0.15, 0.2) is 9.84 Å². The zero-order chi connectivity index (χ0) is 15.6. The molecule has 112 valence electrons. The van der Waals surface area contributed by atoms with E-state index in [0.29, 0.717) is 6.54 Å². The fourth-order valence-electron chi connectivity index (χ4n) is 1.91. The molecule has 2 aromatic rings. The molecule has 0 N–H and O–H groups in total. The van der Waals surface area contributed by atoms with Crippen LogP contribution in [0, 0.1) is 0 Å². The third kappa shape index (κ3) is 3.93. The van der Waals surface area contributed by atoms with Crippen LogP contribution in [0.15, 0.2) is 45.1 Å². The fraction of sp³-hybridized carbons (Fsp3) is 0.214. The molecule has 7 heteroatoms. The molecule has 0 aliphatic carbocycles. The summed E-state index contributed by atoms with van der Waals surface area (Å²) in [4.78, 5) is 15.1. The first kappa shape index (κ1) is 16.2. The number of thiophene rings is 1. The van der Waals surface area contributed by atoms with Gasteiger partial charge in [0.05, 0.1) is 20.8 Å². The molecule has 0 fully saturated rings. The Morgan fingerprint density at radius 2 is 1.90 bits per heavy atom. The molecule has 1 aromatic carbocycles. The van der Waals surface area contributed by atoms with Crippen molar-refractivity contribution in [2.75, 3.05) is 13.3 Å². The maximum absolute atomic E-state index is 12.5. The number of benzene rings is 1. The van der Waals surface area contributed by atoms with Gasteiger partial charge in [0.25, 0.3) is 5.91 Å².